The van der Waals surface area contributed by atoms with Crippen LogP contribution in [0.1, 0.15) is 39.3 Å². The fourth-order valence-electron chi connectivity index (χ4n) is 1.97. The highest BCUT2D eigenvalue weighted by atomic mass is 79.9. The van der Waals surface area contributed by atoms with Gasteiger partial charge >= 0.3 is 0 Å². The number of benzene rings is 1. The maximum atomic E-state index is 5.99. The Labute approximate surface area is 133 Å². The van der Waals surface area contributed by atoms with Crippen molar-refractivity contribution in [2.45, 2.75) is 39.7 Å². The number of anilines is 1. The zero-order chi connectivity index (χ0) is 15.6. The summed E-state index contributed by atoms with van der Waals surface area (Å²) in [7, 11) is 0. The molecule has 2 rings (SSSR count). The smallest absolute Gasteiger partial charge is 0.161 e. The highest BCUT2D eigenvalue weighted by molar-refractivity contribution is 9.10. The third-order valence-corrected chi connectivity index (χ3v) is 3.73. The number of rotatable bonds is 4. The molecule has 0 unspecified atom stereocenters. The van der Waals surface area contributed by atoms with Gasteiger partial charge in [-0.2, -0.15) is 0 Å². The van der Waals surface area contributed by atoms with Crippen LogP contribution in [0.25, 0.3) is 11.4 Å². The molecule has 1 heterocycles. The van der Waals surface area contributed by atoms with Crippen LogP contribution < -0.4 is 10.5 Å². The van der Waals surface area contributed by atoms with E-state index in [1.165, 1.54) is 0 Å². The second kappa shape index (κ2) is 6.43. The second-order valence-corrected chi connectivity index (χ2v) is 6.27. The van der Waals surface area contributed by atoms with Gasteiger partial charge in [0, 0.05) is 5.56 Å². The minimum Gasteiger partial charge on any atom is -0.491 e. The summed E-state index contributed by atoms with van der Waals surface area (Å²) in [5.41, 5.74) is 7.79. The van der Waals surface area contributed by atoms with Crippen LogP contribution in [0.2, 0.25) is 0 Å². The highest BCUT2D eigenvalue weighted by Gasteiger charge is 2.14. The predicted molar refractivity (Wildman–Crippen MR) is 89.4 cm³/mol. The largest absolute Gasteiger partial charge is 0.491 e. The summed E-state index contributed by atoms with van der Waals surface area (Å²) in [6.45, 7) is 8.15. The summed E-state index contributed by atoms with van der Waals surface area (Å²) in [5, 5.41) is 0. The van der Waals surface area contributed by atoms with Crippen molar-refractivity contribution >= 4 is 21.7 Å². The maximum Gasteiger partial charge on any atom is 0.161 e. The third kappa shape index (κ3) is 3.73. The molecule has 0 aliphatic heterocycles. The number of aromatic nitrogens is 2. The monoisotopic (exact) mass is 349 g/mol. The van der Waals surface area contributed by atoms with Crippen molar-refractivity contribution in [1.29, 1.82) is 0 Å². The molecule has 1 aromatic heterocycles. The molecule has 1 aromatic carbocycles. The van der Waals surface area contributed by atoms with Gasteiger partial charge in [0.1, 0.15) is 11.6 Å². The van der Waals surface area contributed by atoms with Crippen LogP contribution in [0.3, 0.4) is 0 Å². The van der Waals surface area contributed by atoms with E-state index in [-0.39, 0.29) is 12.0 Å². The number of nitrogen functional groups attached to an aromatic ring is 1. The fraction of sp³-hybridized carbons (Fsp3) is 0.375. The summed E-state index contributed by atoms with van der Waals surface area (Å²) >= 11 is 3.46. The van der Waals surface area contributed by atoms with Crippen molar-refractivity contribution in [2.24, 2.45) is 0 Å². The van der Waals surface area contributed by atoms with Gasteiger partial charge in [0.15, 0.2) is 5.82 Å². The van der Waals surface area contributed by atoms with E-state index in [0.29, 0.717) is 11.6 Å². The first-order chi connectivity index (χ1) is 9.88. The molecule has 112 valence electrons. The van der Waals surface area contributed by atoms with Gasteiger partial charge in [0.25, 0.3) is 0 Å². The highest BCUT2D eigenvalue weighted by Crippen LogP contribution is 2.30. The molecule has 2 aromatic rings. The molecule has 0 fully saturated rings. The Morgan fingerprint density at radius 1 is 1.14 bits per heavy atom. The van der Waals surface area contributed by atoms with Crippen LogP contribution in [0.15, 0.2) is 28.7 Å². The molecule has 21 heavy (non-hydrogen) atoms. The molecule has 4 nitrogen and oxygen atoms in total. The van der Waals surface area contributed by atoms with Gasteiger partial charge in [-0.1, -0.05) is 26.0 Å². The van der Waals surface area contributed by atoms with Crippen LogP contribution in [-0.4, -0.2) is 16.1 Å². The molecule has 0 amide bonds. The van der Waals surface area contributed by atoms with Crippen LogP contribution in [-0.2, 0) is 0 Å². The number of halogens is 1. The van der Waals surface area contributed by atoms with Crippen molar-refractivity contribution in [2.75, 3.05) is 5.73 Å². The molecule has 0 aliphatic rings. The van der Waals surface area contributed by atoms with Crippen molar-refractivity contribution in [1.82, 2.24) is 9.97 Å². The minimum absolute atomic E-state index is 0.127. The first kappa shape index (κ1) is 15.8. The molecule has 0 aliphatic carbocycles. The number of ether oxygens (including phenoxy) is 1. The van der Waals surface area contributed by atoms with E-state index in [1.54, 1.807) is 0 Å². The third-order valence-electron chi connectivity index (χ3n) is 2.91. The Bertz CT molecular complexity index is 641. The van der Waals surface area contributed by atoms with Crippen molar-refractivity contribution in [3.8, 4) is 17.1 Å². The van der Waals surface area contributed by atoms with Gasteiger partial charge in [-0.3, -0.25) is 0 Å². The molecule has 0 spiro atoms. The molecule has 0 saturated carbocycles. The summed E-state index contributed by atoms with van der Waals surface area (Å²) in [6, 6.07) is 7.76. The van der Waals surface area contributed by atoms with Crippen LogP contribution in [0.5, 0.6) is 5.75 Å². The van der Waals surface area contributed by atoms with Gasteiger partial charge in [-0.05, 0) is 47.8 Å². The van der Waals surface area contributed by atoms with Crippen molar-refractivity contribution in [3.05, 3.63) is 34.4 Å². The molecular weight excluding hydrogens is 330 g/mol. The first-order valence-corrected chi connectivity index (χ1v) is 7.77. The van der Waals surface area contributed by atoms with E-state index < -0.39 is 0 Å². The minimum atomic E-state index is 0.127. The lowest BCUT2D eigenvalue weighted by atomic mass is 10.1. The lowest BCUT2D eigenvalue weighted by Gasteiger charge is -2.13. The molecule has 2 N–H and O–H groups in total. The van der Waals surface area contributed by atoms with Gasteiger partial charge in [0.05, 0.1) is 16.3 Å². The average molecular weight is 350 g/mol. The number of nitrogens with zero attached hydrogens (tertiary/aromatic N) is 2. The number of nitrogens with two attached hydrogens (primary N) is 1. The topological polar surface area (TPSA) is 61.0 Å². The Balaban J connectivity index is 2.47. The lowest BCUT2D eigenvalue weighted by molar-refractivity contribution is 0.242. The van der Waals surface area contributed by atoms with E-state index >= 15 is 0 Å². The van der Waals surface area contributed by atoms with Gasteiger partial charge in [-0.25, -0.2) is 9.97 Å². The molecule has 0 atom stereocenters. The second-order valence-electron chi connectivity index (χ2n) is 5.48. The molecule has 0 saturated heterocycles. The van der Waals surface area contributed by atoms with E-state index in [0.717, 1.165) is 21.5 Å². The number of hydrogen-bond donors (Lipinski definition) is 1. The molecule has 5 heteroatoms. The van der Waals surface area contributed by atoms with E-state index in [9.17, 15) is 0 Å². The van der Waals surface area contributed by atoms with E-state index in [1.807, 2.05) is 38.1 Å². The van der Waals surface area contributed by atoms with Crippen LogP contribution >= 0.6 is 15.9 Å². The Hall–Kier alpha value is -1.62. The average Bonchev–Trinajstić information content (AvgIpc) is 2.41. The maximum absolute atomic E-state index is 5.99. The van der Waals surface area contributed by atoms with Crippen LogP contribution in [0, 0.1) is 0 Å². The van der Waals surface area contributed by atoms with Gasteiger partial charge < -0.3 is 10.5 Å². The summed E-state index contributed by atoms with van der Waals surface area (Å²) in [4.78, 5) is 9.00. The van der Waals surface area contributed by atoms with E-state index in [2.05, 4.69) is 39.7 Å². The normalized spacial score (nSPS) is 11.2. The lowest BCUT2D eigenvalue weighted by Crippen LogP contribution is -2.06. The summed E-state index contributed by atoms with van der Waals surface area (Å²) in [6.07, 6.45) is 0.127. The quantitative estimate of drug-likeness (QED) is 0.888. The van der Waals surface area contributed by atoms with Gasteiger partial charge in [-0.15, -0.1) is 0 Å². The SMILES string of the molecule is CC(C)Oc1cccc(-c2nc(N)c(Br)c(C(C)C)n2)c1. The number of hydrogen-bond acceptors (Lipinski definition) is 4. The van der Waals surface area contributed by atoms with Crippen LogP contribution in [0.4, 0.5) is 5.82 Å². The Kier molecular flexibility index (Phi) is 4.83. The fourth-order valence-corrected chi connectivity index (χ4v) is 2.61. The Morgan fingerprint density at radius 2 is 1.86 bits per heavy atom. The van der Waals surface area contributed by atoms with E-state index in [4.69, 9.17) is 10.5 Å². The molecular formula is C16H20BrN3O. The zero-order valence-corrected chi connectivity index (χ0v) is 14.3. The Morgan fingerprint density at radius 3 is 2.48 bits per heavy atom. The zero-order valence-electron chi connectivity index (χ0n) is 12.7. The summed E-state index contributed by atoms with van der Waals surface area (Å²) < 4.78 is 6.49. The van der Waals surface area contributed by atoms with Crippen molar-refractivity contribution < 1.29 is 4.74 Å². The molecule has 0 bridgehead atoms. The summed E-state index contributed by atoms with van der Waals surface area (Å²) in [5.74, 6) is 2.14. The predicted octanol–water partition coefficient (Wildman–Crippen LogP) is 4.40. The molecule has 0 radical (unpaired) electrons. The first-order valence-electron chi connectivity index (χ1n) is 6.98. The van der Waals surface area contributed by atoms with Crippen molar-refractivity contribution in [3.63, 3.8) is 0 Å². The standard InChI is InChI=1S/C16H20BrN3O/c1-9(2)14-13(17)15(18)20-16(19-14)11-6-5-7-12(8-11)21-10(3)4/h5-10H,1-4H3,(H2,18,19,20). The van der Waals surface area contributed by atoms with Gasteiger partial charge in [0.2, 0.25) is 0 Å².